The third kappa shape index (κ3) is 2.89. The minimum Gasteiger partial charge on any atom is -0.351 e. The van der Waals surface area contributed by atoms with Crippen molar-refractivity contribution in [2.24, 2.45) is 11.7 Å². The molecule has 2 rings (SSSR count). The lowest BCUT2D eigenvalue weighted by atomic mass is 10.1. The molecule has 4 heteroatoms. The second-order valence-electron chi connectivity index (χ2n) is 3.75. The van der Waals surface area contributed by atoms with Gasteiger partial charge in [-0.25, -0.2) is 4.79 Å². The largest absolute Gasteiger partial charge is 0.351 e. The van der Waals surface area contributed by atoms with E-state index in [2.05, 4.69) is 16.9 Å². The molecule has 0 heterocycles. The third-order valence-electron chi connectivity index (χ3n) is 2.46. The minimum absolute atomic E-state index is 0.346. The average molecular weight is 222 g/mol. The van der Waals surface area contributed by atoms with Gasteiger partial charge in [-0.05, 0) is 36.3 Å². The molecular weight excluding hydrogens is 208 g/mol. The molecule has 1 aromatic rings. The zero-order chi connectivity index (χ0) is 10.7. The molecule has 0 spiro atoms. The van der Waals surface area contributed by atoms with Gasteiger partial charge in [-0.2, -0.15) is 0 Å². The Labute approximate surface area is 93.6 Å². The molecule has 0 radical (unpaired) electrons. The van der Waals surface area contributed by atoms with E-state index in [1.54, 1.807) is 0 Å². The van der Waals surface area contributed by atoms with Crippen LogP contribution >= 0.6 is 11.9 Å². The number of nitrogens with two attached hydrogens (primary N) is 1. The summed E-state index contributed by atoms with van der Waals surface area (Å²) in [6, 6.07) is 9.77. The Morgan fingerprint density at radius 1 is 1.40 bits per heavy atom. The van der Waals surface area contributed by atoms with Crippen molar-refractivity contribution in [3.05, 3.63) is 35.9 Å². The molecule has 1 aliphatic rings. The molecule has 1 saturated carbocycles. The zero-order valence-corrected chi connectivity index (χ0v) is 9.17. The Balaban J connectivity index is 2.03. The number of carbonyl (C=O) groups is 1. The van der Waals surface area contributed by atoms with E-state index in [1.165, 1.54) is 30.4 Å². The van der Waals surface area contributed by atoms with Gasteiger partial charge in [-0.15, -0.1) is 0 Å². The Hall–Kier alpha value is -1.16. The summed E-state index contributed by atoms with van der Waals surface area (Å²) in [5.74, 6) is 0.684. The molecule has 80 valence electrons. The van der Waals surface area contributed by atoms with Gasteiger partial charge in [0.25, 0.3) is 0 Å². The van der Waals surface area contributed by atoms with Crippen molar-refractivity contribution in [3.63, 3.8) is 0 Å². The van der Waals surface area contributed by atoms with E-state index in [1.807, 2.05) is 18.2 Å². The van der Waals surface area contributed by atoms with Gasteiger partial charge in [0.05, 0.1) is 5.25 Å². The van der Waals surface area contributed by atoms with Crippen molar-refractivity contribution in [3.8, 4) is 0 Å². The first kappa shape index (κ1) is 10.4. The van der Waals surface area contributed by atoms with Gasteiger partial charge in [-0.3, -0.25) is 4.72 Å². The van der Waals surface area contributed by atoms with E-state index >= 15 is 0 Å². The second-order valence-corrected chi connectivity index (χ2v) is 4.70. The van der Waals surface area contributed by atoms with Gasteiger partial charge in [0, 0.05) is 0 Å². The van der Waals surface area contributed by atoms with Gasteiger partial charge in [-0.1, -0.05) is 30.3 Å². The number of rotatable bonds is 4. The van der Waals surface area contributed by atoms with Crippen LogP contribution in [0.3, 0.4) is 0 Å². The van der Waals surface area contributed by atoms with Gasteiger partial charge in [0.15, 0.2) is 0 Å². The molecule has 1 aliphatic carbocycles. The normalized spacial score (nSPS) is 17.1. The summed E-state index contributed by atoms with van der Waals surface area (Å²) in [4.78, 5) is 10.7. The topological polar surface area (TPSA) is 55.1 Å². The highest BCUT2D eigenvalue weighted by atomic mass is 32.2. The number of urea groups is 1. The summed E-state index contributed by atoms with van der Waals surface area (Å²) in [5.41, 5.74) is 6.33. The lowest BCUT2D eigenvalue weighted by Crippen LogP contribution is -2.24. The van der Waals surface area contributed by atoms with E-state index < -0.39 is 6.03 Å². The number of primary amides is 1. The molecule has 15 heavy (non-hydrogen) atoms. The Morgan fingerprint density at radius 3 is 2.60 bits per heavy atom. The fourth-order valence-electron chi connectivity index (χ4n) is 1.60. The van der Waals surface area contributed by atoms with E-state index in [9.17, 15) is 4.79 Å². The lowest BCUT2D eigenvalue weighted by molar-refractivity contribution is 0.254. The highest BCUT2D eigenvalue weighted by Crippen LogP contribution is 2.47. The van der Waals surface area contributed by atoms with Crippen LogP contribution in [0.1, 0.15) is 23.7 Å². The Morgan fingerprint density at radius 2 is 2.07 bits per heavy atom. The van der Waals surface area contributed by atoms with Gasteiger partial charge in [0.2, 0.25) is 0 Å². The number of amides is 2. The van der Waals surface area contributed by atoms with Gasteiger partial charge >= 0.3 is 6.03 Å². The number of benzene rings is 1. The zero-order valence-electron chi connectivity index (χ0n) is 8.35. The number of nitrogens with one attached hydrogen (secondary N) is 1. The molecule has 1 atom stereocenters. The number of hydrogen-bond acceptors (Lipinski definition) is 2. The summed E-state index contributed by atoms with van der Waals surface area (Å²) < 4.78 is 2.62. The predicted octanol–water partition coefficient (Wildman–Crippen LogP) is 2.45. The summed E-state index contributed by atoms with van der Waals surface area (Å²) in [6.45, 7) is 0. The first-order valence-electron chi connectivity index (χ1n) is 5.03. The van der Waals surface area contributed by atoms with Crippen LogP contribution in [-0.4, -0.2) is 6.03 Å². The monoisotopic (exact) mass is 222 g/mol. The van der Waals surface area contributed by atoms with Crippen molar-refractivity contribution in [2.45, 2.75) is 18.1 Å². The average Bonchev–Trinajstić information content (AvgIpc) is 3.03. The SMILES string of the molecule is NC(=O)NSC(c1ccccc1)C1CC1. The molecule has 1 aromatic carbocycles. The van der Waals surface area contributed by atoms with Gasteiger partial charge in [0.1, 0.15) is 0 Å². The first-order chi connectivity index (χ1) is 7.27. The molecular formula is C11H14N2OS. The van der Waals surface area contributed by atoms with Crippen molar-refractivity contribution in [1.29, 1.82) is 0 Å². The van der Waals surface area contributed by atoms with Crippen LogP contribution in [0.5, 0.6) is 0 Å². The van der Waals surface area contributed by atoms with E-state index in [0.717, 1.165) is 0 Å². The molecule has 1 unspecified atom stereocenters. The standard InChI is InChI=1S/C11H14N2OS/c12-11(14)13-15-10(9-6-7-9)8-4-2-1-3-5-8/h1-5,9-10H,6-7H2,(H3,12,13,14). The van der Waals surface area contributed by atoms with Crippen molar-refractivity contribution < 1.29 is 4.79 Å². The van der Waals surface area contributed by atoms with E-state index in [-0.39, 0.29) is 0 Å². The highest BCUT2D eigenvalue weighted by Gasteiger charge is 2.33. The van der Waals surface area contributed by atoms with E-state index in [0.29, 0.717) is 11.2 Å². The minimum atomic E-state index is -0.471. The Kier molecular flexibility index (Phi) is 3.16. The van der Waals surface area contributed by atoms with Crippen molar-refractivity contribution in [1.82, 2.24) is 4.72 Å². The molecule has 3 nitrogen and oxygen atoms in total. The smallest absolute Gasteiger partial charge is 0.322 e. The van der Waals surface area contributed by atoms with Crippen LogP contribution < -0.4 is 10.5 Å². The number of hydrogen-bond donors (Lipinski definition) is 2. The van der Waals surface area contributed by atoms with Crippen LogP contribution in [0.25, 0.3) is 0 Å². The van der Waals surface area contributed by atoms with Crippen molar-refractivity contribution >= 4 is 18.0 Å². The van der Waals surface area contributed by atoms with Crippen LogP contribution in [0.2, 0.25) is 0 Å². The number of carbonyl (C=O) groups excluding carboxylic acids is 1. The van der Waals surface area contributed by atoms with Crippen LogP contribution in [0, 0.1) is 5.92 Å². The molecule has 0 aliphatic heterocycles. The van der Waals surface area contributed by atoms with Gasteiger partial charge < -0.3 is 5.73 Å². The molecule has 2 amide bonds. The maximum Gasteiger partial charge on any atom is 0.322 e. The second kappa shape index (κ2) is 4.57. The summed E-state index contributed by atoms with van der Waals surface area (Å²) in [6.07, 6.45) is 2.49. The lowest BCUT2D eigenvalue weighted by Gasteiger charge is -2.15. The molecule has 0 saturated heterocycles. The fourth-order valence-corrected chi connectivity index (χ4v) is 2.60. The van der Waals surface area contributed by atoms with Crippen LogP contribution in [0.15, 0.2) is 30.3 Å². The predicted molar refractivity (Wildman–Crippen MR) is 62.2 cm³/mol. The first-order valence-corrected chi connectivity index (χ1v) is 5.91. The molecule has 3 N–H and O–H groups in total. The van der Waals surface area contributed by atoms with Crippen LogP contribution in [-0.2, 0) is 0 Å². The fraction of sp³-hybridized carbons (Fsp3) is 0.364. The van der Waals surface area contributed by atoms with E-state index in [4.69, 9.17) is 5.73 Å². The summed E-state index contributed by atoms with van der Waals surface area (Å²) in [5, 5.41) is 0.346. The quantitative estimate of drug-likeness (QED) is 0.769. The molecule has 0 aromatic heterocycles. The maximum absolute atomic E-state index is 10.7. The Bertz CT molecular complexity index is 338. The molecule has 1 fully saturated rings. The maximum atomic E-state index is 10.7. The van der Waals surface area contributed by atoms with Crippen molar-refractivity contribution in [2.75, 3.05) is 0 Å². The summed E-state index contributed by atoms with van der Waals surface area (Å²) >= 11 is 1.43. The summed E-state index contributed by atoms with van der Waals surface area (Å²) in [7, 11) is 0. The highest BCUT2D eigenvalue weighted by molar-refractivity contribution is 7.98. The molecule has 0 bridgehead atoms. The van der Waals surface area contributed by atoms with Crippen LogP contribution in [0.4, 0.5) is 4.79 Å². The third-order valence-corrected chi connectivity index (χ3v) is 3.69.